The molecular formula is C19H26N2O4. The Bertz CT molecular complexity index is 758. The molecule has 6 nitrogen and oxygen atoms in total. The fourth-order valence-electron chi connectivity index (χ4n) is 2.50. The van der Waals surface area contributed by atoms with Gasteiger partial charge in [0, 0.05) is 17.5 Å². The molecule has 6 heteroatoms. The van der Waals surface area contributed by atoms with Crippen LogP contribution in [0.15, 0.2) is 30.3 Å². The van der Waals surface area contributed by atoms with Crippen LogP contribution in [0.25, 0.3) is 10.9 Å². The van der Waals surface area contributed by atoms with Gasteiger partial charge < -0.3 is 15.2 Å². The highest BCUT2D eigenvalue weighted by Gasteiger charge is 2.24. The number of nitrogens with zero attached hydrogens (tertiary/aromatic N) is 1. The Morgan fingerprint density at radius 3 is 2.56 bits per heavy atom. The number of hydrogen-bond acceptors (Lipinski definition) is 5. The number of hydrogen-bond donors (Lipinski definition) is 1. The summed E-state index contributed by atoms with van der Waals surface area (Å²) in [5.41, 5.74) is 6.69. The summed E-state index contributed by atoms with van der Waals surface area (Å²) in [6, 6.07) is 8.50. The lowest BCUT2D eigenvalue weighted by atomic mass is 10.1. The molecule has 0 bridgehead atoms. The van der Waals surface area contributed by atoms with Crippen LogP contribution in [0.3, 0.4) is 0 Å². The molecule has 0 aliphatic carbocycles. The predicted octanol–water partition coefficient (Wildman–Crippen LogP) is 3.25. The number of fused-ring (bicyclic) bond motifs is 1. The molecule has 2 rings (SSSR count). The highest BCUT2D eigenvalue weighted by molar-refractivity contribution is 5.91. The Balaban J connectivity index is 2.34. The summed E-state index contributed by atoms with van der Waals surface area (Å²) in [5, 5.41) is 0.887. The number of carbonyl (C=O) groups is 2. The SMILES string of the molecule is CCCOC(=O)C(N)Cc1cc2ccccc2n1C(=O)OC(C)(C)C. The first kappa shape index (κ1) is 19.0. The Morgan fingerprint density at radius 1 is 1.24 bits per heavy atom. The first-order valence-electron chi connectivity index (χ1n) is 8.48. The van der Waals surface area contributed by atoms with E-state index in [0.29, 0.717) is 12.3 Å². The highest BCUT2D eigenvalue weighted by atomic mass is 16.6. The highest BCUT2D eigenvalue weighted by Crippen LogP contribution is 2.23. The third-order valence-corrected chi connectivity index (χ3v) is 3.54. The zero-order chi connectivity index (χ0) is 18.6. The minimum absolute atomic E-state index is 0.191. The third-order valence-electron chi connectivity index (χ3n) is 3.54. The normalized spacial score (nSPS) is 12.8. The van der Waals surface area contributed by atoms with E-state index >= 15 is 0 Å². The van der Waals surface area contributed by atoms with Gasteiger partial charge in [-0.25, -0.2) is 9.36 Å². The number of esters is 1. The van der Waals surface area contributed by atoms with Crippen LogP contribution in [0.2, 0.25) is 0 Å². The number of aromatic nitrogens is 1. The zero-order valence-electron chi connectivity index (χ0n) is 15.2. The fourth-order valence-corrected chi connectivity index (χ4v) is 2.50. The molecule has 25 heavy (non-hydrogen) atoms. The van der Waals surface area contributed by atoms with Crippen molar-refractivity contribution in [1.82, 2.24) is 4.57 Å². The summed E-state index contributed by atoms with van der Waals surface area (Å²) >= 11 is 0. The molecule has 1 heterocycles. The number of benzene rings is 1. The minimum Gasteiger partial charge on any atom is -0.465 e. The second-order valence-corrected chi connectivity index (χ2v) is 6.99. The van der Waals surface area contributed by atoms with Crippen LogP contribution in [0.4, 0.5) is 4.79 Å². The summed E-state index contributed by atoms with van der Waals surface area (Å²) in [5.74, 6) is -0.470. The maximum Gasteiger partial charge on any atom is 0.419 e. The number of ether oxygens (including phenoxy) is 2. The summed E-state index contributed by atoms with van der Waals surface area (Å²) in [6.07, 6.45) is 0.436. The smallest absolute Gasteiger partial charge is 0.419 e. The van der Waals surface area contributed by atoms with Crippen LogP contribution in [0, 0.1) is 0 Å². The molecular weight excluding hydrogens is 320 g/mol. The summed E-state index contributed by atoms with van der Waals surface area (Å²) in [4.78, 5) is 24.6. The average Bonchev–Trinajstić information content (AvgIpc) is 2.88. The van der Waals surface area contributed by atoms with Crippen molar-refractivity contribution in [2.45, 2.75) is 52.2 Å². The maximum absolute atomic E-state index is 12.7. The van der Waals surface area contributed by atoms with Gasteiger partial charge in [-0.05, 0) is 39.3 Å². The van der Waals surface area contributed by atoms with Crippen LogP contribution in [0.1, 0.15) is 39.8 Å². The fraction of sp³-hybridized carbons (Fsp3) is 0.474. The Morgan fingerprint density at radius 2 is 1.92 bits per heavy atom. The second-order valence-electron chi connectivity index (χ2n) is 6.99. The Hall–Kier alpha value is -2.34. The van der Waals surface area contributed by atoms with Crippen LogP contribution in [-0.4, -0.2) is 34.9 Å². The van der Waals surface area contributed by atoms with Crippen LogP contribution in [0.5, 0.6) is 0 Å². The van der Waals surface area contributed by atoms with E-state index in [0.717, 1.165) is 17.3 Å². The van der Waals surface area contributed by atoms with Crippen molar-refractivity contribution in [3.8, 4) is 0 Å². The monoisotopic (exact) mass is 346 g/mol. The largest absolute Gasteiger partial charge is 0.465 e. The van der Waals surface area contributed by atoms with Crippen LogP contribution in [-0.2, 0) is 20.7 Å². The minimum atomic E-state index is -0.836. The first-order valence-corrected chi connectivity index (χ1v) is 8.48. The maximum atomic E-state index is 12.7. The molecule has 0 saturated heterocycles. The van der Waals surface area contributed by atoms with Gasteiger partial charge in [-0.1, -0.05) is 25.1 Å². The lowest BCUT2D eigenvalue weighted by molar-refractivity contribution is -0.145. The molecule has 0 amide bonds. The molecule has 1 aromatic carbocycles. The van der Waals surface area contributed by atoms with Crippen LogP contribution < -0.4 is 5.73 Å². The Kier molecular flexibility index (Phi) is 5.85. The molecule has 0 radical (unpaired) electrons. The van der Waals surface area contributed by atoms with Crippen molar-refractivity contribution in [2.75, 3.05) is 6.61 Å². The van der Waals surface area contributed by atoms with E-state index in [1.165, 1.54) is 4.57 Å². The van der Waals surface area contributed by atoms with E-state index in [4.69, 9.17) is 15.2 Å². The average molecular weight is 346 g/mol. The van der Waals surface area contributed by atoms with E-state index in [-0.39, 0.29) is 6.42 Å². The molecule has 2 N–H and O–H groups in total. The lowest BCUT2D eigenvalue weighted by Crippen LogP contribution is -2.36. The molecule has 1 aromatic heterocycles. The molecule has 0 spiro atoms. The van der Waals surface area contributed by atoms with E-state index in [9.17, 15) is 9.59 Å². The van der Waals surface area contributed by atoms with Gasteiger partial charge in [-0.3, -0.25) is 4.79 Å². The molecule has 0 saturated carbocycles. The van der Waals surface area contributed by atoms with Gasteiger partial charge >= 0.3 is 12.1 Å². The van der Waals surface area contributed by atoms with Gasteiger partial charge in [-0.2, -0.15) is 0 Å². The van der Waals surface area contributed by atoms with E-state index in [2.05, 4.69) is 0 Å². The van der Waals surface area contributed by atoms with Gasteiger partial charge in [0.05, 0.1) is 12.1 Å². The van der Waals surface area contributed by atoms with E-state index < -0.39 is 23.7 Å². The second kappa shape index (κ2) is 7.70. The molecule has 0 fully saturated rings. The molecule has 1 unspecified atom stereocenters. The predicted molar refractivity (Wildman–Crippen MR) is 96.5 cm³/mol. The number of para-hydroxylation sites is 1. The molecule has 0 aliphatic heterocycles. The van der Waals surface area contributed by atoms with Gasteiger partial charge in [0.1, 0.15) is 11.6 Å². The molecule has 2 aromatic rings. The molecule has 1 atom stereocenters. The zero-order valence-corrected chi connectivity index (χ0v) is 15.2. The molecule has 136 valence electrons. The topological polar surface area (TPSA) is 83.5 Å². The van der Waals surface area contributed by atoms with Gasteiger partial charge in [0.15, 0.2) is 0 Å². The van der Waals surface area contributed by atoms with Crippen molar-refractivity contribution in [1.29, 1.82) is 0 Å². The van der Waals surface area contributed by atoms with E-state index in [1.807, 2.05) is 58.0 Å². The summed E-state index contributed by atoms with van der Waals surface area (Å²) in [6.45, 7) is 7.68. The van der Waals surface area contributed by atoms with Crippen molar-refractivity contribution >= 4 is 23.0 Å². The van der Waals surface area contributed by atoms with Gasteiger partial charge in [0.2, 0.25) is 0 Å². The lowest BCUT2D eigenvalue weighted by Gasteiger charge is -2.21. The first-order chi connectivity index (χ1) is 11.7. The van der Waals surface area contributed by atoms with Crippen LogP contribution >= 0.6 is 0 Å². The van der Waals surface area contributed by atoms with Crippen molar-refractivity contribution in [2.24, 2.45) is 5.73 Å². The van der Waals surface area contributed by atoms with Crippen molar-refractivity contribution in [3.63, 3.8) is 0 Å². The number of carbonyl (C=O) groups excluding carboxylic acids is 2. The van der Waals surface area contributed by atoms with Crippen molar-refractivity contribution < 1.29 is 19.1 Å². The standard InChI is InChI=1S/C19H26N2O4/c1-5-10-24-17(22)15(20)12-14-11-13-8-6-7-9-16(13)21(14)18(23)25-19(2,3)4/h6-9,11,15H,5,10,12,20H2,1-4H3. The van der Waals surface area contributed by atoms with E-state index in [1.54, 1.807) is 0 Å². The van der Waals surface area contributed by atoms with Gasteiger partial charge in [0.25, 0.3) is 0 Å². The number of rotatable bonds is 5. The third kappa shape index (κ3) is 4.82. The molecule has 0 aliphatic rings. The summed E-state index contributed by atoms with van der Waals surface area (Å²) in [7, 11) is 0. The van der Waals surface area contributed by atoms with Crippen molar-refractivity contribution in [3.05, 3.63) is 36.0 Å². The number of nitrogens with two attached hydrogens (primary N) is 1. The van der Waals surface area contributed by atoms with Gasteiger partial charge in [-0.15, -0.1) is 0 Å². The summed E-state index contributed by atoms with van der Waals surface area (Å²) < 4.78 is 12.1. The Labute approximate surface area is 147 Å². The quantitative estimate of drug-likeness (QED) is 0.840.